The Hall–Kier alpha value is -1.24. The number of benzene rings is 1. The zero-order valence-electron chi connectivity index (χ0n) is 8.74. The van der Waals surface area contributed by atoms with Gasteiger partial charge in [0, 0.05) is 18.8 Å². The SMILES string of the molecule is [2H]C=Cc1ccccc1N1CCCC1. The van der Waals surface area contributed by atoms with Gasteiger partial charge in [-0.1, -0.05) is 30.8 Å². The second-order valence-corrected chi connectivity index (χ2v) is 3.42. The van der Waals surface area contributed by atoms with Crippen molar-refractivity contribution in [3.63, 3.8) is 0 Å². The predicted molar refractivity (Wildman–Crippen MR) is 58.0 cm³/mol. The molecule has 0 unspecified atom stereocenters. The van der Waals surface area contributed by atoms with E-state index in [0.29, 0.717) is 0 Å². The Labute approximate surface area is 81.1 Å². The van der Waals surface area contributed by atoms with Crippen molar-refractivity contribution in [2.45, 2.75) is 12.8 Å². The van der Waals surface area contributed by atoms with Crippen LogP contribution in [0.5, 0.6) is 0 Å². The number of hydrogen-bond acceptors (Lipinski definition) is 1. The highest BCUT2D eigenvalue weighted by molar-refractivity contribution is 5.66. The summed E-state index contributed by atoms with van der Waals surface area (Å²) in [5.74, 6) is 0. The summed E-state index contributed by atoms with van der Waals surface area (Å²) in [7, 11) is 0. The van der Waals surface area contributed by atoms with Crippen LogP contribution in [0.4, 0.5) is 5.69 Å². The molecule has 1 aromatic carbocycles. The highest BCUT2D eigenvalue weighted by Gasteiger charge is 2.13. The Balaban J connectivity index is 2.30. The lowest BCUT2D eigenvalue weighted by Gasteiger charge is -2.19. The van der Waals surface area contributed by atoms with E-state index in [0.717, 1.165) is 18.7 Å². The molecule has 1 heteroatoms. The van der Waals surface area contributed by atoms with Gasteiger partial charge in [0.1, 0.15) is 0 Å². The molecule has 2 rings (SSSR count). The number of hydrogen-bond donors (Lipinski definition) is 0. The molecule has 0 aliphatic carbocycles. The van der Waals surface area contributed by atoms with E-state index in [1.54, 1.807) is 0 Å². The molecule has 1 heterocycles. The molecule has 1 nitrogen and oxygen atoms in total. The lowest BCUT2D eigenvalue weighted by molar-refractivity contribution is 0.949. The fraction of sp³-hybridized carbons (Fsp3) is 0.333. The number of anilines is 1. The van der Waals surface area contributed by atoms with Crippen LogP contribution in [-0.4, -0.2) is 13.1 Å². The molecule has 1 saturated heterocycles. The predicted octanol–water partition coefficient (Wildman–Crippen LogP) is 2.93. The normalized spacial score (nSPS) is 18.2. The van der Waals surface area contributed by atoms with E-state index in [2.05, 4.69) is 23.1 Å². The van der Waals surface area contributed by atoms with Gasteiger partial charge in [-0.25, -0.2) is 0 Å². The Morgan fingerprint density at radius 2 is 2.08 bits per heavy atom. The van der Waals surface area contributed by atoms with Gasteiger partial charge in [0.15, 0.2) is 0 Å². The molecule has 0 spiro atoms. The Kier molecular flexibility index (Phi) is 2.02. The van der Waals surface area contributed by atoms with Crippen molar-refractivity contribution in [2.75, 3.05) is 18.0 Å². The number of para-hydroxylation sites is 1. The molecule has 68 valence electrons. The maximum absolute atomic E-state index is 7.11. The summed E-state index contributed by atoms with van der Waals surface area (Å²) in [6, 6.07) is 8.29. The van der Waals surface area contributed by atoms with Gasteiger partial charge in [-0.15, -0.1) is 0 Å². The van der Waals surface area contributed by atoms with Crippen LogP contribution in [0.1, 0.15) is 19.8 Å². The van der Waals surface area contributed by atoms with Crippen molar-refractivity contribution in [3.05, 3.63) is 36.4 Å². The standard InChI is InChI=1S/C12H15N/c1-2-11-7-3-4-8-12(11)13-9-5-6-10-13/h2-4,7-8H,1,5-6,9-10H2/i1D. The van der Waals surface area contributed by atoms with Crippen LogP contribution < -0.4 is 4.90 Å². The van der Waals surface area contributed by atoms with Gasteiger partial charge in [-0.05, 0) is 24.5 Å². The molecular weight excluding hydrogens is 158 g/mol. The van der Waals surface area contributed by atoms with Crippen molar-refractivity contribution >= 4 is 11.8 Å². The van der Waals surface area contributed by atoms with E-state index in [4.69, 9.17) is 1.37 Å². The minimum absolute atomic E-state index is 1.16. The minimum atomic E-state index is 1.16. The van der Waals surface area contributed by atoms with E-state index in [-0.39, 0.29) is 0 Å². The second-order valence-electron chi connectivity index (χ2n) is 3.42. The average Bonchev–Trinajstić information content (AvgIpc) is 2.72. The van der Waals surface area contributed by atoms with Gasteiger partial charge in [0.2, 0.25) is 0 Å². The van der Waals surface area contributed by atoms with Crippen molar-refractivity contribution in [1.29, 1.82) is 0 Å². The fourth-order valence-electron chi connectivity index (χ4n) is 1.87. The summed E-state index contributed by atoms with van der Waals surface area (Å²) < 4.78 is 7.11. The summed E-state index contributed by atoms with van der Waals surface area (Å²) in [6.45, 7) is 3.67. The van der Waals surface area contributed by atoms with Crippen LogP contribution in [0, 0.1) is 0 Å². The highest BCUT2D eigenvalue weighted by Crippen LogP contribution is 2.24. The molecular formula is C12H15N. The van der Waals surface area contributed by atoms with Crippen LogP contribution in [0.15, 0.2) is 30.8 Å². The molecule has 1 aliphatic rings. The van der Waals surface area contributed by atoms with Crippen LogP contribution in [0.2, 0.25) is 0 Å². The van der Waals surface area contributed by atoms with Gasteiger partial charge in [0.25, 0.3) is 0 Å². The Bertz CT molecular complexity index is 327. The number of rotatable bonds is 2. The van der Waals surface area contributed by atoms with Crippen molar-refractivity contribution in [1.82, 2.24) is 0 Å². The van der Waals surface area contributed by atoms with Crippen LogP contribution in [0.3, 0.4) is 0 Å². The first kappa shape index (κ1) is 7.19. The Morgan fingerprint density at radius 3 is 2.85 bits per heavy atom. The minimum Gasteiger partial charge on any atom is -0.371 e. The van der Waals surface area contributed by atoms with Crippen molar-refractivity contribution in [2.24, 2.45) is 0 Å². The third kappa shape index (κ3) is 1.59. The van der Waals surface area contributed by atoms with Crippen molar-refractivity contribution < 1.29 is 1.37 Å². The van der Waals surface area contributed by atoms with Crippen LogP contribution in [-0.2, 0) is 0 Å². The summed E-state index contributed by atoms with van der Waals surface area (Å²) >= 11 is 0. The van der Waals surface area contributed by atoms with E-state index in [9.17, 15) is 0 Å². The second kappa shape index (κ2) is 3.65. The molecule has 0 amide bonds. The summed E-state index contributed by atoms with van der Waals surface area (Å²) in [5, 5.41) is 0. The van der Waals surface area contributed by atoms with Crippen LogP contribution >= 0.6 is 0 Å². The van der Waals surface area contributed by atoms with Gasteiger partial charge < -0.3 is 4.90 Å². The van der Waals surface area contributed by atoms with Gasteiger partial charge in [-0.2, -0.15) is 0 Å². The molecule has 13 heavy (non-hydrogen) atoms. The van der Waals surface area contributed by atoms with Gasteiger partial charge >= 0.3 is 0 Å². The number of nitrogens with zero attached hydrogens (tertiary/aromatic N) is 1. The third-order valence-electron chi connectivity index (χ3n) is 2.56. The summed E-state index contributed by atoms with van der Waals surface area (Å²) in [5.41, 5.74) is 2.43. The van der Waals surface area contributed by atoms with E-state index in [1.165, 1.54) is 25.1 Å². The van der Waals surface area contributed by atoms with Gasteiger partial charge in [0.05, 0.1) is 1.37 Å². The molecule has 1 aliphatic heterocycles. The third-order valence-corrected chi connectivity index (χ3v) is 2.56. The zero-order valence-corrected chi connectivity index (χ0v) is 7.74. The summed E-state index contributed by atoms with van der Waals surface area (Å²) in [4.78, 5) is 2.40. The first-order valence-corrected chi connectivity index (χ1v) is 4.81. The monoisotopic (exact) mass is 174 g/mol. The molecule has 0 radical (unpaired) electrons. The van der Waals surface area contributed by atoms with E-state index in [1.807, 2.05) is 12.1 Å². The maximum Gasteiger partial charge on any atom is 0.0538 e. The zero-order chi connectivity index (χ0) is 9.80. The Morgan fingerprint density at radius 1 is 1.31 bits per heavy atom. The smallest absolute Gasteiger partial charge is 0.0538 e. The fourth-order valence-corrected chi connectivity index (χ4v) is 1.87. The average molecular weight is 174 g/mol. The highest BCUT2D eigenvalue weighted by atomic mass is 15.1. The van der Waals surface area contributed by atoms with Gasteiger partial charge in [-0.3, -0.25) is 0 Å². The lowest BCUT2D eigenvalue weighted by Crippen LogP contribution is -2.18. The molecule has 0 atom stereocenters. The molecule has 0 N–H and O–H groups in total. The molecule has 0 bridgehead atoms. The maximum atomic E-state index is 7.11. The molecule has 0 saturated carbocycles. The van der Waals surface area contributed by atoms with Crippen LogP contribution in [0.25, 0.3) is 6.08 Å². The van der Waals surface area contributed by atoms with E-state index >= 15 is 0 Å². The molecule has 1 fully saturated rings. The first-order chi connectivity index (χ1) is 6.92. The van der Waals surface area contributed by atoms with Crippen molar-refractivity contribution in [3.8, 4) is 0 Å². The first-order valence-electron chi connectivity index (χ1n) is 5.38. The topological polar surface area (TPSA) is 3.24 Å². The molecule has 0 aromatic heterocycles. The lowest BCUT2D eigenvalue weighted by atomic mass is 10.1. The quantitative estimate of drug-likeness (QED) is 0.666. The largest absolute Gasteiger partial charge is 0.371 e. The van der Waals surface area contributed by atoms with E-state index < -0.39 is 0 Å². The summed E-state index contributed by atoms with van der Waals surface area (Å²) in [6.07, 6.45) is 4.44. The molecule has 1 aromatic rings.